The van der Waals surface area contributed by atoms with Gasteiger partial charge in [0.25, 0.3) is 0 Å². The van der Waals surface area contributed by atoms with E-state index in [4.69, 9.17) is 0 Å². The lowest BCUT2D eigenvalue weighted by Gasteiger charge is -2.27. The summed E-state index contributed by atoms with van der Waals surface area (Å²) < 4.78 is 40.7. The first-order chi connectivity index (χ1) is 10.8. The summed E-state index contributed by atoms with van der Waals surface area (Å²) in [6.45, 7) is -0.295. The van der Waals surface area contributed by atoms with Crippen molar-refractivity contribution < 1.29 is 27.1 Å². The van der Waals surface area contributed by atoms with E-state index in [0.29, 0.717) is 12.0 Å². The van der Waals surface area contributed by atoms with Crippen molar-refractivity contribution in [2.45, 2.75) is 18.9 Å². The SMILES string of the molecule is COC(=O)CN(C(=O)Cc1ccc(F)cc1)[C@@H]1CCS(=O)(=O)C1. The van der Waals surface area contributed by atoms with Crippen molar-refractivity contribution in [2.75, 3.05) is 25.2 Å². The van der Waals surface area contributed by atoms with Crippen molar-refractivity contribution in [3.05, 3.63) is 35.6 Å². The molecule has 1 saturated heterocycles. The molecule has 1 atom stereocenters. The average Bonchev–Trinajstić information content (AvgIpc) is 2.86. The molecule has 1 aliphatic rings. The third kappa shape index (κ3) is 4.75. The number of carbonyl (C=O) groups excluding carboxylic acids is 2. The fourth-order valence-electron chi connectivity index (χ4n) is 2.52. The molecule has 2 rings (SSSR count). The summed E-state index contributed by atoms with van der Waals surface area (Å²) in [7, 11) is -1.99. The minimum atomic E-state index is -3.19. The summed E-state index contributed by atoms with van der Waals surface area (Å²) in [6, 6.07) is 4.91. The molecule has 1 fully saturated rings. The lowest BCUT2D eigenvalue weighted by molar-refractivity contribution is -0.148. The largest absolute Gasteiger partial charge is 0.468 e. The van der Waals surface area contributed by atoms with Crippen LogP contribution < -0.4 is 0 Å². The molecular formula is C15H18FNO5S. The zero-order valence-corrected chi connectivity index (χ0v) is 13.5. The van der Waals surface area contributed by atoms with Gasteiger partial charge in [-0.1, -0.05) is 12.1 Å². The number of benzene rings is 1. The zero-order chi connectivity index (χ0) is 17.0. The standard InChI is InChI=1S/C15H18FNO5S/c1-22-15(19)9-17(13-6-7-23(20,21)10-13)14(18)8-11-2-4-12(16)5-3-11/h2-5,13H,6-10H2,1H3/t13-/m1/s1. The molecular weight excluding hydrogens is 325 g/mol. The molecule has 1 heterocycles. The minimum Gasteiger partial charge on any atom is -0.468 e. The van der Waals surface area contributed by atoms with Crippen molar-refractivity contribution in [2.24, 2.45) is 0 Å². The fourth-order valence-corrected chi connectivity index (χ4v) is 4.25. The van der Waals surface area contributed by atoms with Gasteiger partial charge in [0.1, 0.15) is 12.4 Å². The molecule has 0 saturated carbocycles. The Morgan fingerprint density at radius 2 is 1.96 bits per heavy atom. The number of ether oxygens (including phenoxy) is 1. The van der Waals surface area contributed by atoms with Gasteiger partial charge < -0.3 is 9.64 Å². The Kier molecular flexibility index (Phi) is 5.35. The molecule has 126 valence electrons. The number of methoxy groups -OCH3 is 1. The first-order valence-corrected chi connectivity index (χ1v) is 8.94. The highest BCUT2D eigenvalue weighted by atomic mass is 32.2. The number of halogens is 1. The molecule has 1 aromatic carbocycles. The van der Waals surface area contributed by atoms with Crippen molar-refractivity contribution in [3.8, 4) is 0 Å². The summed E-state index contributed by atoms with van der Waals surface area (Å²) >= 11 is 0. The molecule has 0 radical (unpaired) electrons. The van der Waals surface area contributed by atoms with E-state index in [1.54, 1.807) is 0 Å². The van der Waals surface area contributed by atoms with E-state index in [2.05, 4.69) is 4.74 Å². The van der Waals surface area contributed by atoms with E-state index >= 15 is 0 Å². The summed E-state index contributed by atoms with van der Waals surface area (Å²) in [4.78, 5) is 25.3. The van der Waals surface area contributed by atoms with Gasteiger partial charge >= 0.3 is 5.97 Å². The van der Waals surface area contributed by atoms with E-state index in [9.17, 15) is 22.4 Å². The normalized spacial score (nSPS) is 19.3. The smallest absolute Gasteiger partial charge is 0.325 e. The van der Waals surface area contributed by atoms with E-state index in [1.807, 2.05) is 0 Å². The molecule has 0 N–H and O–H groups in total. The third-order valence-corrected chi connectivity index (χ3v) is 5.52. The number of amides is 1. The van der Waals surface area contributed by atoms with Gasteiger partial charge in [-0.2, -0.15) is 0 Å². The van der Waals surface area contributed by atoms with Gasteiger partial charge in [-0.05, 0) is 24.1 Å². The molecule has 1 aliphatic heterocycles. The second-order valence-electron chi connectivity index (χ2n) is 5.46. The van der Waals surface area contributed by atoms with Crippen LogP contribution in [0.3, 0.4) is 0 Å². The maximum atomic E-state index is 12.9. The van der Waals surface area contributed by atoms with Gasteiger partial charge in [0.15, 0.2) is 9.84 Å². The van der Waals surface area contributed by atoms with Crippen LogP contribution in [0, 0.1) is 5.82 Å². The number of hydrogen-bond acceptors (Lipinski definition) is 5. The summed E-state index contributed by atoms with van der Waals surface area (Å²) in [5.41, 5.74) is 0.590. The molecule has 0 unspecified atom stereocenters. The molecule has 0 bridgehead atoms. The number of hydrogen-bond donors (Lipinski definition) is 0. The molecule has 23 heavy (non-hydrogen) atoms. The molecule has 1 amide bonds. The number of esters is 1. The van der Waals surface area contributed by atoms with E-state index < -0.39 is 27.7 Å². The number of nitrogens with zero attached hydrogens (tertiary/aromatic N) is 1. The van der Waals surface area contributed by atoms with Crippen LogP contribution in [-0.4, -0.2) is 56.4 Å². The van der Waals surface area contributed by atoms with Gasteiger partial charge in [0.2, 0.25) is 5.91 Å². The maximum Gasteiger partial charge on any atom is 0.325 e. The van der Waals surface area contributed by atoms with Crippen molar-refractivity contribution >= 4 is 21.7 Å². The van der Waals surface area contributed by atoms with Crippen LogP contribution in [0.2, 0.25) is 0 Å². The first kappa shape index (κ1) is 17.4. The van der Waals surface area contributed by atoms with Gasteiger partial charge in [-0.25, -0.2) is 12.8 Å². The lowest BCUT2D eigenvalue weighted by atomic mass is 10.1. The van der Waals surface area contributed by atoms with Gasteiger partial charge in [-0.15, -0.1) is 0 Å². The van der Waals surface area contributed by atoms with E-state index in [-0.39, 0.29) is 30.4 Å². The van der Waals surface area contributed by atoms with Crippen LogP contribution in [0.25, 0.3) is 0 Å². The highest BCUT2D eigenvalue weighted by Crippen LogP contribution is 2.19. The van der Waals surface area contributed by atoms with Crippen LogP contribution in [0.5, 0.6) is 0 Å². The molecule has 0 aromatic heterocycles. The fraction of sp³-hybridized carbons (Fsp3) is 0.467. The first-order valence-electron chi connectivity index (χ1n) is 7.12. The second kappa shape index (κ2) is 7.08. The summed E-state index contributed by atoms with van der Waals surface area (Å²) in [6.07, 6.45) is 0.266. The van der Waals surface area contributed by atoms with Crippen LogP contribution in [0.15, 0.2) is 24.3 Å². The van der Waals surface area contributed by atoms with E-state index in [0.717, 1.165) is 0 Å². The quantitative estimate of drug-likeness (QED) is 0.730. The molecule has 0 spiro atoms. The Hall–Kier alpha value is -1.96. The van der Waals surface area contributed by atoms with Crippen LogP contribution in [0.4, 0.5) is 4.39 Å². The second-order valence-corrected chi connectivity index (χ2v) is 7.69. The Labute approximate surface area is 134 Å². The molecule has 0 aliphatic carbocycles. The average molecular weight is 343 g/mol. The van der Waals surface area contributed by atoms with Gasteiger partial charge in [0, 0.05) is 6.04 Å². The Balaban J connectivity index is 2.13. The summed E-state index contributed by atoms with van der Waals surface area (Å²) in [5.74, 6) is -1.56. The van der Waals surface area contributed by atoms with Crippen LogP contribution in [-0.2, 0) is 30.6 Å². The van der Waals surface area contributed by atoms with Crippen molar-refractivity contribution in [1.82, 2.24) is 4.90 Å². The highest BCUT2D eigenvalue weighted by Gasteiger charge is 2.35. The Morgan fingerprint density at radius 3 is 2.48 bits per heavy atom. The minimum absolute atomic E-state index is 0.000826. The molecule has 8 heteroatoms. The molecule has 6 nitrogen and oxygen atoms in total. The van der Waals surface area contributed by atoms with Crippen molar-refractivity contribution in [3.63, 3.8) is 0 Å². The summed E-state index contributed by atoms with van der Waals surface area (Å²) in [5, 5.41) is 0. The van der Waals surface area contributed by atoms with E-state index in [1.165, 1.54) is 36.3 Å². The number of sulfone groups is 1. The zero-order valence-electron chi connectivity index (χ0n) is 12.7. The van der Waals surface area contributed by atoms with Gasteiger partial charge in [0.05, 0.1) is 25.0 Å². The number of carbonyl (C=O) groups is 2. The Morgan fingerprint density at radius 1 is 1.30 bits per heavy atom. The maximum absolute atomic E-state index is 12.9. The van der Waals surface area contributed by atoms with Crippen molar-refractivity contribution in [1.29, 1.82) is 0 Å². The van der Waals surface area contributed by atoms with Crippen LogP contribution >= 0.6 is 0 Å². The monoisotopic (exact) mass is 343 g/mol. The Bertz CT molecular complexity index is 686. The number of rotatable bonds is 5. The predicted octanol–water partition coefficient (Wildman–Crippen LogP) is 0.557. The predicted molar refractivity (Wildman–Crippen MR) is 80.9 cm³/mol. The topological polar surface area (TPSA) is 80.8 Å². The molecule has 1 aromatic rings. The highest BCUT2D eigenvalue weighted by molar-refractivity contribution is 7.91. The third-order valence-electron chi connectivity index (χ3n) is 3.77. The van der Waals surface area contributed by atoms with Gasteiger partial charge in [-0.3, -0.25) is 9.59 Å². The lowest BCUT2D eigenvalue weighted by Crippen LogP contribution is -2.45. The van der Waals surface area contributed by atoms with Crippen LogP contribution in [0.1, 0.15) is 12.0 Å².